The zero-order valence-electron chi connectivity index (χ0n) is 14.4. The van der Waals surface area contributed by atoms with E-state index in [1.165, 1.54) is 17.7 Å². The fraction of sp³-hybridized carbons (Fsp3) is 0.190. The maximum atomic E-state index is 13.0. The highest BCUT2D eigenvalue weighted by Gasteiger charge is 2.21. The van der Waals surface area contributed by atoms with Crippen molar-refractivity contribution in [2.45, 2.75) is 19.3 Å². The SMILES string of the molecule is COC(=O)c1ccc2nc3c(c(=O)n2c1)CCC/C3=C/c1ccccc1. The first-order valence-corrected chi connectivity index (χ1v) is 8.57. The Hall–Kier alpha value is -3.21. The van der Waals surface area contributed by atoms with Crippen LogP contribution in [0.25, 0.3) is 17.3 Å². The summed E-state index contributed by atoms with van der Waals surface area (Å²) in [6.45, 7) is 0. The Morgan fingerprint density at radius 3 is 2.73 bits per heavy atom. The fourth-order valence-electron chi connectivity index (χ4n) is 3.37. The van der Waals surface area contributed by atoms with Gasteiger partial charge in [-0.3, -0.25) is 9.20 Å². The second-order valence-corrected chi connectivity index (χ2v) is 6.32. The maximum Gasteiger partial charge on any atom is 0.339 e. The Morgan fingerprint density at radius 2 is 1.96 bits per heavy atom. The fourth-order valence-corrected chi connectivity index (χ4v) is 3.37. The lowest BCUT2D eigenvalue weighted by molar-refractivity contribution is 0.0600. The van der Waals surface area contributed by atoms with Crippen molar-refractivity contribution in [2.75, 3.05) is 7.11 Å². The van der Waals surface area contributed by atoms with Crippen LogP contribution in [0.15, 0.2) is 53.5 Å². The van der Waals surface area contributed by atoms with Crippen LogP contribution in [0.1, 0.15) is 40.0 Å². The summed E-state index contributed by atoms with van der Waals surface area (Å²) in [6.07, 6.45) is 6.10. The molecule has 4 rings (SSSR count). The molecular weight excluding hydrogens is 328 g/mol. The van der Waals surface area contributed by atoms with E-state index in [1.807, 2.05) is 30.3 Å². The van der Waals surface area contributed by atoms with Gasteiger partial charge in [0.2, 0.25) is 0 Å². The van der Waals surface area contributed by atoms with Crippen molar-refractivity contribution in [3.63, 3.8) is 0 Å². The normalized spacial score (nSPS) is 15.0. The van der Waals surface area contributed by atoms with Crippen molar-refractivity contribution < 1.29 is 9.53 Å². The highest BCUT2D eigenvalue weighted by molar-refractivity contribution is 5.89. The number of esters is 1. The van der Waals surface area contributed by atoms with Crippen molar-refractivity contribution >= 4 is 23.3 Å². The first-order chi connectivity index (χ1) is 12.7. The Kier molecular flexibility index (Phi) is 4.13. The zero-order chi connectivity index (χ0) is 18.1. The number of ether oxygens (including phenoxy) is 1. The van der Waals surface area contributed by atoms with E-state index in [1.54, 1.807) is 12.1 Å². The van der Waals surface area contributed by atoms with E-state index in [0.717, 1.165) is 29.7 Å². The largest absolute Gasteiger partial charge is 0.465 e. The molecule has 1 aliphatic carbocycles. The topological polar surface area (TPSA) is 60.7 Å². The summed E-state index contributed by atoms with van der Waals surface area (Å²) in [5, 5.41) is 0. The summed E-state index contributed by atoms with van der Waals surface area (Å²) in [5.41, 5.74) is 4.40. The van der Waals surface area contributed by atoms with Gasteiger partial charge in [-0.05, 0) is 48.6 Å². The second-order valence-electron chi connectivity index (χ2n) is 6.32. The van der Waals surface area contributed by atoms with E-state index in [2.05, 4.69) is 6.08 Å². The molecule has 0 saturated heterocycles. The third-order valence-corrected chi connectivity index (χ3v) is 4.65. The zero-order valence-corrected chi connectivity index (χ0v) is 14.4. The molecule has 3 aromatic rings. The lowest BCUT2D eigenvalue weighted by Gasteiger charge is -2.18. The van der Waals surface area contributed by atoms with Gasteiger partial charge in [0.15, 0.2) is 0 Å². The van der Waals surface area contributed by atoms with E-state index < -0.39 is 5.97 Å². The van der Waals surface area contributed by atoms with Gasteiger partial charge < -0.3 is 4.74 Å². The van der Waals surface area contributed by atoms with Gasteiger partial charge in [0.05, 0.1) is 18.4 Å². The average Bonchev–Trinajstić information content (AvgIpc) is 2.69. The van der Waals surface area contributed by atoms with Gasteiger partial charge in [-0.25, -0.2) is 9.78 Å². The summed E-state index contributed by atoms with van der Waals surface area (Å²) >= 11 is 0. The van der Waals surface area contributed by atoms with Crippen LogP contribution >= 0.6 is 0 Å². The van der Waals surface area contributed by atoms with Crippen LogP contribution in [0, 0.1) is 0 Å². The predicted molar refractivity (Wildman–Crippen MR) is 100 cm³/mol. The van der Waals surface area contributed by atoms with E-state index >= 15 is 0 Å². The summed E-state index contributed by atoms with van der Waals surface area (Å²) in [6, 6.07) is 13.4. The maximum absolute atomic E-state index is 13.0. The molecule has 2 heterocycles. The molecule has 0 atom stereocenters. The molecule has 0 amide bonds. The van der Waals surface area contributed by atoms with Crippen molar-refractivity contribution in [3.05, 3.63) is 81.4 Å². The molecule has 0 spiro atoms. The van der Waals surface area contributed by atoms with Crippen molar-refractivity contribution in [2.24, 2.45) is 0 Å². The lowest BCUT2D eigenvalue weighted by atomic mass is 9.91. The average molecular weight is 346 g/mol. The number of methoxy groups -OCH3 is 1. The van der Waals surface area contributed by atoms with E-state index in [0.29, 0.717) is 23.2 Å². The molecule has 2 aromatic heterocycles. The minimum atomic E-state index is -0.471. The molecule has 0 radical (unpaired) electrons. The van der Waals surface area contributed by atoms with Gasteiger partial charge >= 0.3 is 5.97 Å². The van der Waals surface area contributed by atoms with Gasteiger partial charge in [-0.15, -0.1) is 0 Å². The molecule has 26 heavy (non-hydrogen) atoms. The molecular formula is C21H18N2O3. The number of fused-ring (bicyclic) bond motifs is 2. The third kappa shape index (κ3) is 2.81. The molecule has 0 bridgehead atoms. The quantitative estimate of drug-likeness (QED) is 0.668. The van der Waals surface area contributed by atoms with Crippen LogP contribution in [0.2, 0.25) is 0 Å². The molecule has 0 fully saturated rings. The standard InChI is InChI=1S/C21H18N2O3/c1-26-21(25)16-10-11-18-22-19-15(12-14-6-3-2-4-7-14)8-5-9-17(19)20(24)23(18)13-16/h2-4,6-7,10-13H,5,8-9H2,1H3/b15-12-. The first kappa shape index (κ1) is 16.3. The number of carbonyl (C=O) groups is 1. The third-order valence-electron chi connectivity index (χ3n) is 4.65. The van der Waals surface area contributed by atoms with Gasteiger partial charge in [0.1, 0.15) is 5.65 Å². The van der Waals surface area contributed by atoms with Gasteiger partial charge in [-0.2, -0.15) is 0 Å². The van der Waals surface area contributed by atoms with Crippen LogP contribution in [0.4, 0.5) is 0 Å². The second kappa shape index (κ2) is 6.59. The summed E-state index contributed by atoms with van der Waals surface area (Å²) in [5.74, 6) is -0.471. The Bertz CT molecular complexity index is 1080. The van der Waals surface area contributed by atoms with Crippen molar-refractivity contribution in [1.82, 2.24) is 9.38 Å². The van der Waals surface area contributed by atoms with Crippen LogP contribution in [0.5, 0.6) is 0 Å². The molecule has 1 aliphatic rings. The molecule has 130 valence electrons. The highest BCUT2D eigenvalue weighted by atomic mass is 16.5. The number of aromatic nitrogens is 2. The number of allylic oxidation sites excluding steroid dienone is 1. The number of carbonyl (C=O) groups excluding carboxylic acids is 1. The number of hydrogen-bond acceptors (Lipinski definition) is 4. The van der Waals surface area contributed by atoms with Gasteiger partial charge in [0.25, 0.3) is 5.56 Å². The number of benzene rings is 1. The molecule has 0 saturated carbocycles. The minimum Gasteiger partial charge on any atom is -0.465 e. The highest BCUT2D eigenvalue weighted by Crippen LogP contribution is 2.29. The van der Waals surface area contributed by atoms with E-state index in [4.69, 9.17) is 9.72 Å². The molecule has 0 aliphatic heterocycles. The van der Waals surface area contributed by atoms with E-state index in [-0.39, 0.29) is 5.56 Å². The number of rotatable bonds is 2. The monoisotopic (exact) mass is 346 g/mol. The van der Waals surface area contributed by atoms with E-state index in [9.17, 15) is 9.59 Å². The first-order valence-electron chi connectivity index (χ1n) is 8.57. The number of hydrogen-bond donors (Lipinski definition) is 0. The number of pyridine rings is 1. The molecule has 5 nitrogen and oxygen atoms in total. The van der Waals surface area contributed by atoms with Crippen molar-refractivity contribution in [1.29, 1.82) is 0 Å². The van der Waals surface area contributed by atoms with Crippen LogP contribution < -0.4 is 5.56 Å². The van der Waals surface area contributed by atoms with Crippen molar-refractivity contribution in [3.8, 4) is 0 Å². The van der Waals surface area contributed by atoms with Crippen LogP contribution in [-0.2, 0) is 11.2 Å². The van der Waals surface area contributed by atoms with Crippen LogP contribution in [-0.4, -0.2) is 22.5 Å². The summed E-state index contributed by atoms with van der Waals surface area (Å²) < 4.78 is 6.18. The summed E-state index contributed by atoms with van der Waals surface area (Å²) in [7, 11) is 1.32. The minimum absolute atomic E-state index is 0.116. The molecule has 5 heteroatoms. The van der Waals surface area contributed by atoms with Gasteiger partial charge in [-0.1, -0.05) is 30.3 Å². The Morgan fingerprint density at radius 1 is 1.15 bits per heavy atom. The molecule has 1 aromatic carbocycles. The summed E-state index contributed by atoms with van der Waals surface area (Å²) in [4.78, 5) is 29.4. The Labute approximate surface area is 150 Å². The lowest BCUT2D eigenvalue weighted by Crippen LogP contribution is -2.25. The Balaban J connectivity index is 1.89. The molecule has 0 N–H and O–H groups in total. The number of nitrogens with zero attached hydrogens (tertiary/aromatic N) is 2. The molecule has 0 unspecified atom stereocenters. The van der Waals surface area contributed by atoms with Gasteiger partial charge in [0, 0.05) is 11.8 Å². The predicted octanol–water partition coefficient (Wildman–Crippen LogP) is 3.36. The van der Waals surface area contributed by atoms with Crippen LogP contribution in [0.3, 0.4) is 0 Å². The smallest absolute Gasteiger partial charge is 0.339 e.